The normalized spacial score (nSPS) is 12.9. The third-order valence-electron chi connectivity index (χ3n) is 1.93. The zero-order valence-corrected chi connectivity index (χ0v) is 8.95. The second kappa shape index (κ2) is 4.94. The summed E-state index contributed by atoms with van der Waals surface area (Å²) in [6, 6.07) is 2.14. The average Bonchev–Trinajstić information content (AvgIpc) is 2.13. The van der Waals surface area contributed by atoms with Crippen molar-refractivity contribution in [3.8, 4) is 0 Å². The van der Waals surface area contributed by atoms with Crippen molar-refractivity contribution in [2.24, 2.45) is 11.5 Å². The van der Waals surface area contributed by atoms with E-state index in [1.807, 2.05) is 0 Å². The van der Waals surface area contributed by atoms with Crippen molar-refractivity contribution in [2.45, 2.75) is 12.5 Å². The number of benzene rings is 1. The topological polar surface area (TPSA) is 52.0 Å². The minimum atomic E-state index is -0.508. The predicted molar refractivity (Wildman–Crippen MR) is 57.0 cm³/mol. The van der Waals surface area contributed by atoms with Crippen molar-refractivity contribution in [1.82, 2.24) is 0 Å². The summed E-state index contributed by atoms with van der Waals surface area (Å²) >= 11 is 11.6. The molecule has 14 heavy (non-hydrogen) atoms. The summed E-state index contributed by atoms with van der Waals surface area (Å²) in [5.74, 6) is -0.444. The smallest absolute Gasteiger partial charge is 0.129 e. The molecule has 1 aromatic carbocycles. The molecule has 0 amide bonds. The fourth-order valence-corrected chi connectivity index (χ4v) is 1.66. The van der Waals surface area contributed by atoms with Gasteiger partial charge in [0, 0.05) is 11.6 Å². The van der Waals surface area contributed by atoms with E-state index in [2.05, 4.69) is 0 Å². The lowest BCUT2D eigenvalue weighted by Crippen LogP contribution is -2.17. The molecule has 0 saturated carbocycles. The van der Waals surface area contributed by atoms with E-state index in [4.69, 9.17) is 34.7 Å². The second-order valence-electron chi connectivity index (χ2n) is 2.94. The maximum atomic E-state index is 13.3. The average molecular weight is 237 g/mol. The van der Waals surface area contributed by atoms with Crippen LogP contribution in [0.15, 0.2) is 12.1 Å². The van der Waals surface area contributed by atoms with Crippen LogP contribution in [-0.4, -0.2) is 6.54 Å². The molecule has 0 aliphatic heterocycles. The molecule has 2 nitrogen and oxygen atoms in total. The molecule has 0 radical (unpaired) electrons. The zero-order valence-electron chi connectivity index (χ0n) is 7.43. The molecular formula is C9H11Cl2FN2. The molecule has 1 atom stereocenters. The Bertz CT molecular complexity index is 331. The fraction of sp³-hybridized carbons (Fsp3) is 0.333. The lowest BCUT2D eigenvalue weighted by molar-refractivity contribution is 0.567. The third kappa shape index (κ3) is 2.36. The van der Waals surface area contributed by atoms with Gasteiger partial charge in [-0.3, -0.25) is 0 Å². The molecular weight excluding hydrogens is 226 g/mol. The van der Waals surface area contributed by atoms with Crippen LogP contribution in [0.5, 0.6) is 0 Å². The van der Waals surface area contributed by atoms with E-state index in [0.717, 1.165) is 0 Å². The Hall–Kier alpha value is -0.350. The van der Waals surface area contributed by atoms with Crippen molar-refractivity contribution in [3.63, 3.8) is 0 Å². The van der Waals surface area contributed by atoms with Gasteiger partial charge in [-0.2, -0.15) is 0 Å². The third-order valence-corrected chi connectivity index (χ3v) is 2.75. The lowest BCUT2D eigenvalue weighted by Gasteiger charge is -2.14. The summed E-state index contributed by atoms with van der Waals surface area (Å²) in [5.41, 5.74) is 11.3. The summed E-state index contributed by atoms with van der Waals surface area (Å²) in [6.45, 7) is 0.378. The van der Waals surface area contributed by atoms with E-state index in [1.165, 1.54) is 12.1 Å². The molecule has 1 aromatic rings. The van der Waals surface area contributed by atoms with Crippen LogP contribution >= 0.6 is 23.2 Å². The summed E-state index contributed by atoms with van der Waals surface area (Å²) in [6.07, 6.45) is 0.469. The molecule has 4 N–H and O–H groups in total. The number of hydrogen-bond donors (Lipinski definition) is 2. The molecule has 0 aliphatic rings. The van der Waals surface area contributed by atoms with Gasteiger partial charge < -0.3 is 11.5 Å². The first-order valence-corrected chi connectivity index (χ1v) is 4.92. The lowest BCUT2D eigenvalue weighted by atomic mass is 10.0. The van der Waals surface area contributed by atoms with Crippen LogP contribution in [0.2, 0.25) is 10.0 Å². The van der Waals surface area contributed by atoms with Crippen molar-refractivity contribution < 1.29 is 4.39 Å². The molecule has 0 bridgehead atoms. The quantitative estimate of drug-likeness (QED) is 0.793. The van der Waals surface area contributed by atoms with Crippen LogP contribution in [0, 0.1) is 5.82 Å². The van der Waals surface area contributed by atoms with Gasteiger partial charge in [0.15, 0.2) is 0 Å². The highest BCUT2D eigenvalue weighted by Gasteiger charge is 2.16. The van der Waals surface area contributed by atoms with Crippen molar-refractivity contribution in [1.29, 1.82) is 0 Å². The Morgan fingerprint density at radius 1 is 1.36 bits per heavy atom. The van der Waals surface area contributed by atoms with Gasteiger partial charge in [-0.1, -0.05) is 23.2 Å². The van der Waals surface area contributed by atoms with Gasteiger partial charge in [0.25, 0.3) is 0 Å². The highest BCUT2D eigenvalue weighted by molar-refractivity contribution is 6.42. The summed E-state index contributed by atoms with van der Waals surface area (Å²) in [4.78, 5) is 0. The highest BCUT2D eigenvalue weighted by Crippen LogP contribution is 2.32. The van der Waals surface area contributed by atoms with Crippen LogP contribution in [0.25, 0.3) is 0 Å². The molecule has 78 valence electrons. The van der Waals surface area contributed by atoms with Gasteiger partial charge in [0.1, 0.15) is 5.82 Å². The summed E-state index contributed by atoms with van der Waals surface area (Å²) in [5, 5.41) is 0.475. The van der Waals surface area contributed by atoms with E-state index in [1.54, 1.807) is 0 Å². The van der Waals surface area contributed by atoms with Crippen molar-refractivity contribution in [3.05, 3.63) is 33.6 Å². The van der Waals surface area contributed by atoms with E-state index < -0.39 is 11.9 Å². The standard InChI is InChI=1S/C9H11Cl2FN2/c10-5-1-2-6(12)8(9(5)11)7(14)3-4-13/h1-2,7H,3-4,13-14H2. The van der Waals surface area contributed by atoms with E-state index in [-0.39, 0.29) is 10.6 Å². The fourth-order valence-electron chi connectivity index (χ4n) is 1.21. The largest absolute Gasteiger partial charge is 0.330 e. The van der Waals surface area contributed by atoms with Crippen LogP contribution in [0.4, 0.5) is 4.39 Å². The van der Waals surface area contributed by atoms with Crippen LogP contribution in [0.1, 0.15) is 18.0 Å². The molecule has 0 aliphatic carbocycles. The predicted octanol–water partition coefficient (Wildman–Crippen LogP) is 2.48. The number of hydrogen-bond acceptors (Lipinski definition) is 2. The Balaban J connectivity index is 3.11. The van der Waals surface area contributed by atoms with Crippen molar-refractivity contribution >= 4 is 23.2 Å². The Labute approximate surface area is 92.0 Å². The van der Waals surface area contributed by atoms with Crippen LogP contribution in [0.3, 0.4) is 0 Å². The molecule has 1 unspecified atom stereocenters. The van der Waals surface area contributed by atoms with Gasteiger partial charge in [-0.15, -0.1) is 0 Å². The van der Waals surface area contributed by atoms with Gasteiger partial charge in [0.2, 0.25) is 0 Å². The molecule has 0 heterocycles. The van der Waals surface area contributed by atoms with Gasteiger partial charge in [-0.05, 0) is 25.1 Å². The Morgan fingerprint density at radius 3 is 2.57 bits per heavy atom. The molecule has 0 fully saturated rings. The van der Waals surface area contributed by atoms with E-state index in [9.17, 15) is 4.39 Å². The second-order valence-corrected chi connectivity index (χ2v) is 3.73. The molecule has 5 heteroatoms. The molecule has 0 spiro atoms. The monoisotopic (exact) mass is 236 g/mol. The van der Waals surface area contributed by atoms with Crippen LogP contribution in [-0.2, 0) is 0 Å². The number of halogens is 3. The first kappa shape index (κ1) is 11.7. The number of nitrogens with two attached hydrogens (primary N) is 2. The molecule has 0 aromatic heterocycles. The Morgan fingerprint density at radius 2 is 2.00 bits per heavy atom. The Kier molecular flexibility index (Phi) is 4.13. The minimum Gasteiger partial charge on any atom is -0.330 e. The SMILES string of the molecule is NCCC(N)c1c(F)ccc(Cl)c1Cl. The van der Waals surface area contributed by atoms with E-state index in [0.29, 0.717) is 18.0 Å². The molecule has 0 saturated heterocycles. The maximum Gasteiger partial charge on any atom is 0.129 e. The van der Waals surface area contributed by atoms with Crippen LogP contribution < -0.4 is 11.5 Å². The summed E-state index contributed by atoms with van der Waals surface area (Å²) in [7, 11) is 0. The van der Waals surface area contributed by atoms with Gasteiger partial charge in [-0.25, -0.2) is 4.39 Å². The number of rotatable bonds is 3. The maximum absolute atomic E-state index is 13.3. The van der Waals surface area contributed by atoms with Crippen molar-refractivity contribution in [2.75, 3.05) is 6.54 Å². The summed E-state index contributed by atoms with van der Waals surface area (Å²) < 4.78 is 13.3. The zero-order chi connectivity index (χ0) is 10.7. The minimum absolute atomic E-state index is 0.174. The van der Waals surface area contributed by atoms with E-state index >= 15 is 0 Å². The van der Waals surface area contributed by atoms with Gasteiger partial charge >= 0.3 is 0 Å². The highest BCUT2D eigenvalue weighted by atomic mass is 35.5. The molecule has 1 rings (SSSR count). The van der Waals surface area contributed by atoms with Gasteiger partial charge in [0.05, 0.1) is 10.0 Å². The first-order valence-electron chi connectivity index (χ1n) is 4.17. The first-order chi connectivity index (χ1) is 6.57.